The summed E-state index contributed by atoms with van der Waals surface area (Å²) in [7, 11) is 0. The lowest BCUT2D eigenvalue weighted by molar-refractivity contribution is -0.126. The highest BCUT2D eigenvalue weighted by Crippen LogP contribution is 2.32. The number of esters is 1. The number of nitrogens with one attached hydrogen (secondary N) is 2. The molecule has 0 fully saturated rings. The van der Waals surface area contributed by atoms with E-state index in [1.807, 2.05) is 39.0 Å². The monoisotopic (exact) mass is 428 g/mol. The highest BCUT2D eigenvalue weighted by molar-refractivity contribution is 7.14. The molecule has 160 valence electrons. The zero-order valence-corrected chi connectivity index (χ0v) is 18.7. The first-order valence-corrected chi connectivity index (χ1v) is 11.0. The van der Waals surface area contributed by atoms with Crippen LogP contribution in [0.3, 0.4) is 0 Å². The van der Waals surface area contributed by atoms with Crippen molar-refractivity contribution in [1.29, 1.82) is 0 Å². The van der Waals surface area contributed by atoms with Gasteiger partial charge in [0.25, 0.3) is 5.91 Å². The molecule has 1 aliphatic carbocycles. The van der Waals surface area contributed by atoms with Gasteiger partial charge in [0.2, 0.25) is 5.91 Å². The normalized spacial score (nSPS) is 15.3. The second-order valence-corrected chi connectivity index (χ2v) is 9.22. The first-order chi connectivity index (χ1) is 14.2. The van der Waals surface area contributed by atoms with Gasteiger partial charge in [-0.05, 0) is 68.7 Å². The van der Waals surface area contributed by atoms with Crippen molar-refractivity contribution in [2.75, 3.05) is 18.5 Å². The lowest BCUT2D eigenvalue weighted by Gasteiger charge is -2.16. The zero-order valence-electron chi connectivity index (χ0n) is 17.9. The molecule has 1 heterocycles. The summed E-state index contributed by atoms with van der Waals surface area (Å²) in [4.78, 5) is 38.2. The average Bonchev–Trinajstić information content (AvgIpc) is 3.10. The van der Waals surface area contributed by atoms with Crippen LogP contribution in [-0.4, -0.2) is 30.9 Å². The fourth-order valence-corrected chi connectivity index (χ4v) is 4.90. The SMILES string of the molecule is Cc1cc(C)c(NC(=O)CNC(=O)COC(=O)c2cc3c(s2)CCC(C)C3)c(C)c1. The van der Waals surface area contributed by atoms with Crippen LogP contribution in [-0.2, 0) is 27.2 Å². The van der Waals surface area contributed by atoms with Crippen LogP contribution in [0.1, 0.15) is 50.1 Å². The van der Waals surface area contributed by atoms with E-state index in [1.165, 1.54) is 21.8 Å². The van der Waals surface area contributed by atoms with Crippen molar-refractivity contribution in [3.05, 3.63) is 50.2 Å². The van der Waals surface area contributed by atoms with E-state index in [0.717, 1.165) is 41.6 Å². The topological polar surface area (TPSA) is 84.5 Å². The van der Waals surface area contributed by atoms with Gasteiger partial charge >= 0.3 is 5.97 Å². The van der Waals surface area contributed by atoms with Gasteiger partial charge in [-0.3, -0.25) is 9.59 Å². The minimum Gasteiger partial charge on any atom is -0.451 e. The van der Waals surface area contributed by atoms with Gasteiger partial charge in [-0.2, -0.15) is 0 Å². The molecule has 1 aromatic heterocycles. The molecule has 7 heteroatoms. The van der Waals surface area contributed by atoms with Gasteiger partial charge in [-0.25, -0.2) is 4.79 Å². The summed E-state index contributed by atoms with van der Waals surface area (Å²) in [6, 6.07) is 5.86. The second kappa shape index (κ2) is 9.43. The number of fused-ring (bicyclic) bond motifs is 1. The number of anilines is 1. The molecular weight excluding hydrogens is 400 g/mol. The predicted octanol–water partition coefficient (Wildman–Crippen LogP) is 3.71. The van der Waals surface area contributed by atoms with Crippen molar-refractivity contribution in [3.63, 3.8) is 0 Å². The maximum atomic E-state index is 12.3. The highest BCUT2D eigenvalue weighted by atomic mass is 32.1. The van der Waals surface area contributed by atoms with Gasteiger partial charge < -0.3 is 15.4 Å². The van der Waals surface area contributed by atoms with Crippen LogP contribution in [0.15, 0.2) is 18.2 Å². The molecule has 2 N–H and O–H groups in total. The van der Waals surface area contributed by atoms with E-state index in [2.05, 4.69) is 17.6 Å². The van der Waals surface area contributed by atoms with Crippen LogP contribution < -0.4 is 10.6 Å². The largest absolute Gasteiger partial charge is 0.451 e. The number of benzene rings is 1. The summed E-state index contributed by atoms with van der Waals surface area (Å²) in [6.45, 7) is 7.47. The number of carbonyl (C=O) groups excluding carboxylic acids is 3. The van der Waals surface area contributed by atoms with Gasteiger partial charge in [-0.1, -0.05) is 24.6 Å². The van der Waals surface area contributed by atoms with E-state index < -0.39 is 18.5 Å². The molecule has 2 amide bonds. The van der Waals surface area contributed by atoms with Crippen molar-refractivity contribution < 1.29 is 19.1 Å². The van der Waals surface area contributed by atoms with Crippen LogP contribution in [0.4, 0.5) is 5.69 Å². The number of aryl methyl sites for hydroxylation is 4. The smallest absolute Gasteiger partial charge is 0.348 e. The Hall–Kier alpha value is -2.67. The van der Waals surface area contributed by atoms with E-state index >= 15 is 0 Å². The molecule has 1 aromatic carbocycles. The molecule has 30 heavy (non-hydrogen) atoms. The van der Waals surface area contributed by atoms with E-state index in [4.69, 9.17) is 4.74 Å². The first kappa shape index (κ1) is 22.0. The van der Waals surface area contributed by atoms with Gasteiger partial charge in [0.15, 0.2) is 6.61 Å². The Morgan fingerprint density at radius 1 is 1.10 bits per heavy atom. The summed E-state index contributed by atoms with van der Waals surface area (Å²) in [6.07, 6.45) is 3.10. The molecule has 1 atom stereocenters. The van der Waals surface area contributed by atoms with Crippen molar-refractivity contribution in [1.82, 2.24) is 5.32 Å². The molecular formula is C23H28N2O4S. The second-order valence-electron chi connectivity index (χ2n) is 8.08. The number of hydrogen-bond acceptors (Lipinski definition) is 5. The van der Waals surface area contributed by atoms with Gasteiger partial charge in [0.1, 0.15) is 4.88 Å². The summed E-state index contributed by atoms with van der Waals surface area (Å²) >= 11 is 1.45. The molecule has 1 aliphatic rings. The molecule has 0 bridgehead atoms. The summed E-state index contributed by atoms with van der Waals surface area (Å²) in [5, 5.41) is 5.31. The van der Waals surface area contributed by atoms with Crippen molar-refractivity contribution >= 4 is 34.8 Å². The Morgan fingerprint density at radius 3 is 2.50 bits per heavy atom. The Kier molecular flexibility index (Phi) is 6.92. The number of amides is 2. The minimum absolute atomic E-state index is 0.186. The minimum atomic E-state index is -0.509. The molecule has 6 nitrogen and oxygen atoms in total. The number of thiophene rings is 1. The third-order valence-corrected chi connectivity index (χ3v) is 6.47. The Bertz CT molecular complexity index is 957. The van der Waals surface area contributed by atoms with Crippen molar-refractivity contribution in [2.24, 2.45) is 5.92 Å². The van der Waals surface area contributed by atoms with E-state index in [-0.39, 0.29) is 12.5 Å². The van der Waals surface area contributed by atoms with Gasteiger partial charge in [0.05, 0.1) is 6.54 Å². The van der Waals surface area contributed by atoms with Crippen LogP contribution in [0.5, 0.6) is 0 Å². The van der Waals surface area contributed by atoms with E-state index in [1.54, 1.807) is 0 Å². The Labute approximate surface area is 181 Å². The van der Waals surface area contributed by atoms with Crippen LogP contribution in [0.25, 0.3) is 0 Å². The van der Waals surface area contributed by atoms with Gasteiger partial charge in [0, 0.05) is 10.6 Å². The zero-order chi connectivity index (χ0) is 21.8. The summed E-state index contributed by atoms with van der Waals surface area (Å²) < 4.78 is 5.12. The average molecular weight is 429 g/mol. The van der Waals surface area contributed by atoms with Gasteiger partial charge in [-0.15, -0.1) is 11.3 Å². The first-order valence-electron chi connectivity index (χ1n) is 10.2. The number of hydrogen-bond donors (Lipinski definition) is 2. The fraction of sp³-hybridized carbons (Fsp3) is 0.435. The molecule has 0 radical (unpaired) electrons. The molecule has 0 aliphatic heterocycles. The maximum absolute atomic E-state index is 12.3. The number of ether oxygens (including phenoxy) is 1. The fourth-order valence-electron chi connectivity index (χ4n) is 3.80. The molecule has 0 saturated heterocycles. The molecule has 0 saturated carbocycles. The third kappa shape index (κ3) is 5.48. The van der Waals surface area contributed by atoms with Crippen molar-refractivity contribution in [3.8, 4) is 0 Å². The molecule has 0 spiro atoms. The Balaban J connectivity index is 1.45. The highest BCUT2D eigenvalue weighted by Gasteiger charge is 2.22. The van der Waals surface area contributed by atoms with E-state index in [9.17, 15) is 14.4 Å². The summed E-state index contributed by atoms with van der Waals surface area (Å²) in [5.74, 6) is -0.705. The third-order valence-electron chi connectivity index (χ3n) is 5.25. The predicted molar refractivity (Wildman–Crippen MR) is 118 cm³/mol. The molecule has 1 unspecified atom stereocenters. The Morgan fingerprint density at radius 2 is 1.80 bits per heavy atom. The quantitative estimate of drug-likeness (QED) is 0.687. The molecule has 2 aromatic rings. The summed E-state index contributed by atoms with van der Waals surface area (Å²) in [5.41, 5.74) is 5.03. The van der Waals surface area contributed by atoms with Crippen LogP contribution in [0.2, 0.25) is 0 Å². The maximum Gasteiger partial charge on any atom is 0.348 e. The van der Waals surface area contributed by atoms with E-state index in [0.29, 0.717) is 10.8 Å². The van der Waals surface area contributed by atoms with Crippen LogP contribution in [0, 0.1) is 26.7 Å². The standard InChI is InChI=1S/C23H28N2O4S/c1-13-5-6-18-17(9-13)10-19(30-18)23(28)29-12-21(27)24-11-20(26)25-22-15(3)7-14(2)8-16(22)4/h7-8,10,13H,5-6,9,11-12H2,1-4H3,(H,24,27)(H,25,26). The lowest BCUT2D eigenvalue weighted by atomic mass is 9.90. The van der Waals surface area contributed by atoms with Crippen molar-refractivity contribution in [2.45, 2.75) is 47.0 Å². The number of rotatable bonds is 6. The number of carbonyl (C=O) groups is 3. The lowest BCUT2D eigenvalue weighted by Crippen LogP contribution is -2.35. The molecule has 3 rings (SSSR count). The van der Waals surface area contributed by atoms with Crippen LogP contribution >= 0.6 is 11.3 Å².